The highest BCUT2D eigenvalue weighted by molar-refractivity contribution is 6.34. The lowest BCUT2D eigenvalue weighted by Crippen LogP contribution is -2.15. The van der Waals surface area contributed by atoms with Gasteiger partial charge in [-0.15, -0.1) is 0 Å². The number of carbonyl (C=O) groups is 2. The van der Waals surface area contributed by atoms with E-state index in [4.69, 9.17) is 16.9 Å². The summed E-state index contributed by atoms with van der Waals surface area (Å²) < 4.78 is 13.9. The van der Waals surface area contributed by atoms with Crippen LogP contribution in [-0.2, 0) is 4.79 Å². The maximum atomic E-state index is 13.9. The molecule has 0 aliphatic carbocycles. The Morgan fingerprint density at radius 3 is 2.58 bits per heavy atom. The first-order chi connectivity index (χ1) is 11.4. The normalized spacial score (nSPS) is 9.92. The Labute approximate surface area is 143 Å². The van der Waals surface area contributed by atoms with E-state index >= 15 is 0 Å². The van der Waals surface area contributed by atoms with Gasteiger partial charge < -0.3 is 10.6 Å². The van der Waals surface area contributed by atoms with Crippen molar-refractivity contribution in [2.24, 2.45) is 0 Å². The van der Waals surface area contributed by atoms with E-state index < -0.39 is 11.7 Å². The maximum Gasteiger partial charge on any atom is 0.258 e. The van der Waals surface area contributed by atoms with Crippen molar-refractivity contribution in [1.29, 1.82) is 5.26 Å². The van der Waals surface area contributed by atoms with E-state index in [1.54, 1.807) is 19.1 Å². The zero-order valence-corrected chi connectivity index (χ0v) is 13.4. The van der Waals surface area contributed by atoms with Gasteiger partial charge in [0.1, 0.15) is 5.82 Å². The molecule has 2 N–H and O–H groups in total. The molecule has 24 heavy (non-hydrogen) atoms. The standard InChI is InChI=1S/C17H13ClFN3O2/c1-2-16(23)21-11-4-6-13(18)15(8-11)22-17(24)12-5-3-10(9-20)7-14(12)19/h3-8H,2H2,1H3,(H,21,23)(H,22,24). The lowest BCUT2D eigenvalue weighted by atomic mass is 10.1. The largest absolute Gasteiger partial charge is 0.326 e. The monoisotopic (exact) mass is 345 g/mol. The van der Waals surface area contributed by atoms with Crippen LogP contribution in [-0.4, -0.2) is 11.8 Å². The summed E-state index contributed by atoms with van der Waals surface area (Å²) in [6.45, 7) is 1.71. The fraction of sp³-hybridized carbons (Fsp3) is 0.118. The van der Waals surface area contributed by atoms with Gasteiger partial charge in [0.05, 0.1) is 27.9 Å². The molecule has 0 aliphatic heterocycles. The van der Waals surface area contributed by atoms with Crippen LogP contribution in [0.25, 0.3) is 0 Å². The number of amides is 2. The summed E-state index contributed by atoms with van der Waals surface area (Å²) in [4.78, 5) is 23.6. The maximum absolute atomic E-state index is 13.9. The van der Waals surface area contributed by atoms with Crippen LogP contribution in [0.4, 0.5) is 15.8 Å². The Morgan fingerprint density at radius 2 is 1.96 bits per heavy atom. The van der Waals surface area contributed by atoms with Crippen LogP contribution in [0.2, 0.25) is 5.02 Å². The van der Waals surface area contributed by atoms with Gasteiger partial charge in [0.15, 0.2) is 0 Å². The van der Waals surface area contributed by atoms with Crippen molar-refractivity contribution in [3.05, 3.63) is 58.4 Å². The molecule has 2 aromatic carbocycles. The van der Waals surface area contributed by atoms with Crippen molar-refractivity contribution in [3.63, 3.8) is 0 Å². The van der Waals surface area contributed by atoms with Crippen molar-refractivity contribution in [2.45, 2.75) is 13.3 Å². The summed E-state index contributed by atoms with van der Waals surface area (Å²) in [5.41, 5.74) is 0.598. The lowest BCUT2D eigenvalue weighted by Gasteiger charge is -2.11. The molecule has 2 aromatic rings. The third kappa shape index (κ3) is 4.09. The van der Waals surface area contributed by atoms with Crippen LogP contribution in [0.1, 0.15) is 29.3 Å². The molecule has 122 valence electrons. The second-order valence-electron chi connectivity index (χ2n) is 4.86. The van der Waals surface area contributed by atoms with Gasteiger partial charge in [-0.1, -0.05) is 18.5 Å². The number of anilines is 2. The van der Waals surface area contributed by atoms with Gasteiger partial charge >= 0.3 is 0 Å². The molecule has 0 fully saturated rings. The second-order valence-corrected chi connectivity index (χ2v) is 5.26. The smallest absolute Gasteiger partial charge is 0.258 e. The first-order valence-electron chi connectivity index (χ1n) is 7.05. The van der Waals surface area contributed by atoms with Crippen LogP contribution in [0, 0.1) is 17.1 Å². The average Bonchev–Trinajstić information content (AvgIpc) is 2.57. The molecule has 0 aliphatic rings. The first-order valence-corrected chi connectivity index (χ1v) is 7.42. The third-order valence-electron chi connectivity index (χ3n) is 3.16. The molecule has 0 radical (unpaired) electrons. The zero-order chi connectivity index (χ0) is 17.7. The van der Waals surface area contributed by atoms with E-state index in [9.17, 15) is 14.0 Å². The quantitative estimate of drug-likeness (QED) is 0.880. The molecule has 2 amide bonds. The van der Waals surface area contributed by atoms with Gasteiger partial charge in [-0.2, -0.15) is 5.26 Å². The van der Waals surface area contributed by atoms with E-state index in [1.807, 2.05) is 0 Å². The summed E-state index contributed by atoms with van der Waals surface area (Å²) in [6.07, 6.45) is 0.306. The first kappa shape index (κ1) is 17.4. The second kappa shape index (κ2) is 7.57. The number of nitriles is 1. The topological polar surface area (TPSA) is 82.0 Å². The number of nitrogens with one attached hydrogen (secondary N) is 2. The molecule has 7 heteroatoms. The van der Waals surface area contributed by atoms with E-state index in [-0.39, 0.29) is 27.7 Å². The highest BCUT2D eigenvalue weighted by Gasteiger charge is 2.14. The number of rotatable bonds is 4. The molecular formula is C17H13ClFN3O2. The molecule has 0 aromatic heterocycles. The van der Waals surface area contributed by atoms with Crippen molar-refractivity contribution in [3.8, 4) is 6.07 Å². The fourth-order valence-corrected chi connectivity index (χ4v) is 2.07. The van der Waals surface area contributed by atoms with Crippen LogP contribution in [0.5, 0.6) is 0 Å². The van der Waals surface area contributed by atoms with E-state index in [1.165, 1.54) is 24.3 Å². The number of hydrogen-bond donors (Lipinski definition) is 2. The Hall–Kier alpha value is -2.91. The number of halogens is 2. The predicted octanol–water partition coefficient (Wildman–Crippen LogP) is 3.95. The Morgan fingerprint density at radius 1 is 1.21 bits per heavy atom. The summed E-state index contributed by atoms with van der Waals surface area (Å²) >= 11 is 6.02. The lowest BCUT2D eigenvalue weighted by molar-refractivity contribution is -0.115. The van der Waals surface area contributed by atoms with Gasteiger partial charge in [0, 0.05) is 12.1 Å². The molecular weight excluding hydrogens is 333 g/mol. The molecule has 0 atom stereocenters. The molecule has 0 bridgehead atoms. The molecule has 0 heterocycles. The summed E-state index contributed by atoms with van der Waals surface area (Å²) in [6, 6.07) is 9.92. The predicted molar refractivity (Wildman–Crippen MR) is 89.4 cm³/mol. The third-order valence-corrected chi connectivity index (χ3v) is 3.49. The van der Waals surface area contributed by atoms with Gasteiger partial charge in [-0.3, -0.25) is 9.59 Å². The van der Waals surface area contributed by atoms with Crippen LogP contribution in [0.15, 0.2) is 36.4 Å². The van der Waals surface area contributed by atoms with Crippen LogP contribution < -0.4 is 10.6 Å². The van der Waals surface area contributed by atoms with E-state index in [0.717, 1.165) is 6.07 Å². The van der Waals surface area contributed by atoms with Crippen LogP contribution >= 0.6 is 11.6 Å². The van der Waals surface area contributed by atoms with Gasteiger partial charge in [-0.05, 0) is 36.4 Å². The minimum Gasteiger partial charge on any atom is -0.326 e. The SMILES string of the molecule is CCC(=O)Nc1ccc(Cl)c(NC(=O)c2ccc(C#N)cc2F)c1. The van der Waals surface area contributed by atoms with Gasteiger partial charge in [0.2, 0.25) is 5.91 Å². The number of benzene rings is 2. The minimum absolute atomic E-state index is 0.117. The number of hydrogen-bond acceptors (Lipinski definition) is 3. The molecule has 0 unspecified atom stereocenters. The zero-order valence-electron chi connectivity index (χ0n) is 12.7. The number of nitrogens with zero attached hydrogens (tertiary/aromatic N) is 1. The Bertz CT molecular complexity index is 846. The molecule has 2 rings (SSSR count). The fourth-order valence-electron chi connectivity index (χ4n) is 1.91. The number of carbonyl (C=O) groups excluding carboxylic acids is 2. The van der Waals surface area contributed by atoms with Gasteiger partial charge in [0.25, 0.3) is 5.91 Å². The van der Waals surface area contributed by atoms with E-state index in [0.29, 0.717) is 12.1 Å². The van der Waals surface area contributed by atoms with Crippen molar-refractivity contribution < 1.29 is 14.0 Å². The van der Waals surface area contributed by atoms with Crippen LogP contribution in [0.3, 0.4) is 0 Å². The Balaban J connectivity index is 2.24. The molecule has 5 nitrogen and oxygen atoms in total. The molecule has 0 saturated heterocycles. The summed E-state index contributed by atoms with van der Waals surface area (Å²) in [7, 11) is 0. The Kier molecular flexibility index (Phi) is 5.51. The summed E-state index contributed by atoms with van der Waals surface area (Å²) in [5.74, 6) is -1.70. The molecule has 0 spiro atoms. The van der Waals surface area contributed by atoms with Crippen molar-refractivity contribution in [1.82, 2.24) is 0 Å². The van der Waals surface area contributed by atoms with Crippen molar-refractivity contribution in [2.75, 3.05) is 10.6 Å². The molecule has 0 saturated carbocycles. The van der Waals surface area contributed by atoms with Gasteiger partial charge in [-0.25, -0.2) is 4.39 Å². The average molecular weight is 346 g/mol. The van der Waals surface area contributed by atoms with Crippen molar-refractivity contribution >= 4 is 34.8 Å². The minimum atomic E-state index is -0.807. The highest BCUT2D eigenvalue weighted by atomic mass is 35.5. The van der Waals surface area contributed by atoms with E-state index in [2.05, 4.69) is 10.6 Å². The highest BCUT2D eigenvalue weighted by Crippen LogP contribution is 2.26. The summed E-state index contributed by atoms with van der Waals surface area (Å²) in [5, 5.41) is 14.1.